The maximum atomic E-state index is 9.12. The number of nitrogens with zero attached hydrogens (tertiary/aromatic N) is 2. The highest BCUT2D eigenvalue weighted by atomic mass is 16.5. The van der Waals surface area contributed by atoms with E-state index in [9.17, 15) is 0 Å². The van der Waals surface area contributed by atoms with Crippen LogP contribution in [0.5, 0.6) is 5.75 Å². The van der Waals surface area contributed by atoms with Crippen LogP contribution in [0.25, 0.3) is 0 Å². The molecule has 0 amide bonds. The van der Waals surface area contributed by atoms with Crippen molar-refractivity contribution in [3.05, 3.63) is 24.3 Å². The summed E-state index contributed by atoms with van der Waals surface area (Å²) in [4.78, 5) is 4.76. The van der Waals surface area contributed by atoms with Gasteiger partial charge < -0.3 is 19.7 Å². The molecule has 0 bridgehead atoms. The Kier molecular flexibility index (Phi) is 5.42. The van der Waals surface area contributed by atoms with Gasteiger partial charge in [-0.3, -0.25) is 4.90 Å². The predicted octanol–water partition coefficient (Wildman–Crippen LogP) is -0.619. The molecule has 1 aliphatic rings. The minimum absolute atomic E-state index is 0.454. The summed E-state index contributed by atoms with van der Waals surface area (Å²) >= 11 is 0. The zero-order chi connectivity index (χ0) is 14.5. The summed E-state index contributed by atoms with van der Waals surface area (Å²) in [6.07, 6.45) is 0. The van der Waals surface area contributed by atoms with Crippen molar-refractivity contribution in [1.82, 2.24) is 9.80 Å². The minimum atomic E-state index is -1.45. The van der Waals surface area contributed by atoms with E-state index in [0.29, 0.717) is 23.9 Å². The summed E-state index contributed by atoms with van der Waals surface area (Å²) in [7, 11) is 0.701. The topological polar surface area (TPSA) is 56.2 Å². The number of hydrogen-bond donors (Lipinski definition) is 2. The Morgan fingerprint density at radius 2 is 2.15 bits per heavy atom. The molecule has 1 atom stereocenters. The molecule has 0 spiro atoms. The van der Waals surface area contributed by atoms with E-state index >= 15 is 0 Å². The van der Waals surface area contributed by atoms with E-state index in [1.165, 1.54) is 0 Å². The monoisotopic (exact) mass is 278 g/mol. The molecule has 0 radical (unpaired) electrons. The molecule has 2 N–H and O–H groups in total. The van der Waals surface area contributed by atoms with E-state index in [0.717, 1.165) is 26.2 Å². The molecule has 1 aromatic rings. The van der Waals surface area contributed by atoms with Gasteiger partial charge in [0.25, 0.3) is 0 Å². The third-order valence-corrected chi connectivity index (χ3v) is 3.77. The van der Waals surface area contributed by atoms with Crippen LogP contribution in [0, 0.1) is 0 Å². The average molecular weight is 278 g/mol. The van der Waals surface area contributed by atoms with Crippen LogP contribution < -0.4 is 10.2 Å². The Bertz CT molecular complexity index is 431. The lowest BCUT2D eigenvalue weighted by atomic mass is 9.80. The summed E-state index contributed by atoms with van der Waals surface area (Å²) in [5.41, 5.74) is 0.454. The van der Waals surface area contributed by atoms with Crippen LogP contribution in [0.3, 0.4) is 0 Å². The highest BCUT2D eigenvalue weighted by Crippen LogP contribution is 2.10. The van der Waals surface area contributed by atoms with E-state index in [2.05, 4.69) is 23.8 Å². The second kappa shape index (κ2) is 7.08. The Balaban J connectivity index is 1.79. The van der Waals surface area contributed by atoms with Gasteiger partial charge in [0.2, 0.25) is 0 Å². The molecule has 0 saturated carbocycles. The molecule has 6 heteroatoms. The second-order valence-corrected chi connectivity index (χ2v) is 5.44. The standard InChI is InChI=1S/C14H23BN2O3/c1-12-11-16(2)6-7-17(12)8-9-20-14-5-3-4-13(10-14)15(18)19/h3-5,10,12,18-19H,6-9,11H2,1-2H3. The van der Waals surface area contributed by atoms with E-state index < -0.39 is 7.12 Å². The first-order valence-corrected chi connectivity index (χ1v) is 7.08. The van der Waals surface area contributed by atoms with Crippen LogP contribution in [0.1, 0.15) is 6.92 Å². The normalized spacial score (nSPS) is 20.9. The summed E-state index contributed by atoms with van der Waals surface area (Å²) in [6.45, 7) is 6.98. The summed E-state index contributed by atoms with van der Waals surface area (Å²) in [5, 5.41) is 18.2. The fourth-order valence-electron chi connectivity index (χ4n) is 2.56. The molecule has 1 heterocycles. The maximum Gasteiger partial charge on any atom is 0.488 e. The van der Waals surface area contributed by atoms with Gasteiger partial charge in [0.1, 0.15) is 12.4 Å². The molecule has 20 heavy (non-hydrogen) atoms. The van der Waals surface area contributed by atoms with Crippen molar-refractivity contribution in [2.45, 2.75) is 13.0 Å². The van der Waals surface area contributed by atoms with Crippen LogP contribution in [0.4, 0.5) is 0 Å². The summed E-state index contributed by atoms with van der Waals surface area (Å²) < 4.78 is 5.70. The highest BCUT2D eigenvalue weighted by Gasteiger charge is 2.20. The Morgan fingerprint density at radius 3 is 2.85 bits per heavy atom. The molecular weight excluding hydrogens is 255 g/mol. The number of piperazine rings is 1. The Labute approximate surface area is 120 Å². The number of hydrogen-bond acceptors (Lipinski definition) is 5. The molecule has 1 unspecified atom stereocenters. The van der Waals surface area contributed by atoms with Crippen LogP contribution >= 0.6 is 0 Å². The van der Waals surface area contributed by atoms with Crippen LogP contribution in [-0.4, -0.2) is 72.8 Å². The first-order valence-electron chi connectivity index (χ1n) is 7.08. The molecule has 1 aliphatic heterocycles. The SMILES string of the molecule is CC1CN(C)CCN1CCOc1cccc(B(O)O)c1. The quantitative estimate of drug-likeness (QED) is 0.703. The van der Waals surface area contributed by atoms with E-state index in [1.54, 1.807) is 18.2 Å². The first-order chi connectivity index (χ1) is 9.56. The van der Waals surface area contributed by atoms with Gasteiger partial charge in [-0.2, -0.15) is 0 Å². The summed E-state index contributed by atoms with van der Waals surface area (Å²) in [6, 6.07) is 7.47. The number of ether oxygens (including phenoxy) is 1. The van der Waals surface area contributed by atoms with E-state index in [4.69, 9.17) is 14.8 Å². The molecular formula is C14H23BN2O3. The van der Waals surface area contributed by atoms with Crippen molar-refractivity contribution < 1.29 is 14.8 Å². The van der Waals surface area contributed by atoms with Crippen LogP contribution in [0.2, 0.25) is 0 Å². The molecule has 2 rings (SSSR count). The first kappa shape index (κ1) is 15.3. The molecule has 5 nitrogen and oxygen atoms in total. The van der Waals surface area contributed by atoms with E-state index in [1.807, 2.05) is 6.07 Å². The van der Waals surface area contributed by atoms with Crippen molar-refractivity contribution in [2.24, 2.45) is 0 Å². The Morgan fingerprint density at radius 1 is 1.35 bits per heavy atom. The largest absolute Gasteiger partial charge is 0.492 e. The van der Waals surface area contributed by atoms with Gasteiger partial charge in [0, 0.05) is 32.2 Å². The third-order valence-electron chi connectivity index (χ3n) is 3.77. The van der Waals surface area contributed by atoms with Crippen molar-refractivity contribution in [3.8, 4) is 5.75 Å². The maximum absolute atomic E-state index is 9.12. The molecule has 110 valence electrons. The van der Waals surface area contributed by atoms with Crippen molar-refractivity contribution in [2.75, 3.05) is 39.8 Å². The zero-order valence-electron chi connectivity index (χ0n) is 12.2. The van der Waals surface area contributed by atoms with Gasteiger partial charge in [-0.25, -0.2) is 0 Å². The van der Waals surface area contributed by atoms with Crippen molar-refractivity contribution >= 4 is 12.6 Å². The van der Waals surface area contributed by atoms with Gasteiger partial charge in [-0.1, -0.05) is 12.1 Å². The molecule has 1 aromatic carbocycles. The lowest BCUT2D eigenvalue weighted by Gasteiger charge is -2.38. The zero-order valence-corrected chi connectivity index (χ0v) is 12.2. The molecule has 0 aromatic heterocycles. The lowest BCUT2D eigenvalue weighted by Crippen LogP contribution is -2.51. The molecule has 1 fully saturated rings. The van der Waals surface area contributed by atoms with Crippen molar-refractivity contribution in [1.29, 1.82) is 0 Å². The second-order valence-electron chi connectivity index (χ2n) is 5.44. The number of rotatable bonds is 5. The van der Waals surface area contributed by atoms with Gasteiger partial charge in [-0.15, -0.1) is 0 Å². The molecule has 1 saturated heterocycles. The van der Waals surface area contributed by atoms with E-state index in [-0.39, 0.29) is 0 Å². The highest BCUT2D eigenvalue weighted by molar-refractivity contribution is 6.58. The minimum Gasteiger partial charge on any atom is -0.492 e. The smallest absolute Gasteiger partial charge is 0.488 e. The number of likely N-dealkylation sites (N-methyl/N-ethyl adjacent to an activating group) is 1. The predicted molar refractivity (Wildman–Crippen MR) is 80.3 cm³/mol. The fraction of sp³-hybridized carbons (Fsp3) is 0.571. The Hall–Kier alpha value is -1.08. The van der Waals surface area contributed by atoms with Gasteiger partial charge in [0.05, 0.1) is 0 Å². The van der Waals surface area contributed by atoms with Crippen LogP contribution in [0.15, 0.2) is 24.3 Å². The van der Waals surface area contributed by atoms with Gasteiger partial charge in [-0.05, 0) is 31.6 Å². The average Bonchev–Trinajstić information content (AvgIpc) is 2.41. The van der Waals surface area contributed by atoms with Crippen molar-refractivity contribution in [3.63, 3.8) is 0 Å². The van der Waals surface area contributed by atoms with Gasteiger partial charge in [0.15, 0.2) is 0 Å². The lowest BCUT2D eigenvalue weighted by molar-refractivity contribution is 0.0858. The van der Waals surface area contributed by atoms with Crippen LogP contribution in [-0.2, 0) is 0 Å². The third kappa shape index (κ3) is 4.21. The molecule has 0 aliphatic carbocycles. The number of benzene rings is 1. The summed E-state index contributed by atoms with van der Waals surface area (Å²) in [5.74, 6) is 0.678. The van der Waals surface area contributed by atoms with Gasteiger partial charge >= 0.3 is 7.12 Å². The fourth-order valence-corrected chi connectivity index (χ4v) is 2.56.